The van der Waals surface area contributed by atoms with Crippen molar-refractivity contribution in [1.29, 1.82) is 0 Å². The zero-order valence-corrected chi connectivity index (χ0v) is 32.6. The van der Waals surface area contributed by atoms with Crippen molar-refractivity contribution in [2.75, 3.05) is 7.05 Å². The summed E-state index contributed by atoms with van der Waals surface area (Å²) in [6.45, 7) is 8.21. The molecule has 0 bridgehead atoms. The molecule has 0 fully saturated rings. The summed E-state index contributed by atoms with van der Waals surface area (Å²) >= 11 is 0. The summed E-state index contributed by atoms with van der Waals surface area (Å²) in [7, 11) is 1.83. The standard InChI is InChI=1S/C41H77NO4.ClH/c1-6-8-10-12-14-16-18-20-22-24-26-28-30-32-34-36-40(43)45-38(3)42(5)39(4)46-41(44)37-35-33-31-29-27-25-23-21-19-17-15-13-11-9-7-2;/h20-23,38-39H,6-19,24-37H2,1-5H3;1H/b22-20-,23-21-;. The van der Waals surface area contributed by atoms with Gasteiger partial charge in [-0.2, -0.15) is 0 Å². The second kappa shape index (κ2) is 37.5. The number of hydrogen-bond donors (Lipinski definition) is 0. The Bertz CT molecular complexity index is 681. The van der Waals surface area contributed by atoms with Gasteiger partial charge in [0.15, 0.2) is 12.5 Å². The maximum Gasteiger partial charge on any atom is 0.307 e. The number of carbonyl (C=O) groups is 2. The van der Waals surface area contributed by atoms with E-state index in [1.807, 2.05) is 20.9 Å². The number of nitrogens with zero attached hydrogens (tertiary/aromatic N) is 1. The lowest BCUT2D eigenvalue weighted by molar-refractivity contribution is -0.176. The van der Waals surface area contributed by atoms with Crippen LogP contribution < -0.4 is 0 Å². The minimum Gasteiger partial charge on any atom is -0.447 e. The summed E-state index contributed by atoms with van der Waals surface area (Å²) in [4.78, 5) is 26.5. The van der Waals surface area contributed by atoms with E-state index in [2.05, 4.69) is 38.2 Å². The van der Waals surface area contributed by atoms with Crippen LogP contribution in [0.2, 0.25) is 0 Å². The first-order valence-electron chi connectivity index (χ1n) is 19.8. The van der Waals surface area contributed by atoms with Crippen molar-refractivity contribution >= 4 is 24.3 Å². The van der Waals surface area contributed by atoms with Crippen molar-refractivity contribution in [2.45, 2.75) is 220 Å². The average molecular weight is 685 g/mol. The Balaban J connectivity index is 0. The van der Waals surface area contributed by atoms with Gasteiger partial charge in [0.05, 0.1) is 0 Å². The molecule has 0 aromatic heterocycles. The molecular formula is C41H78ClNO4. The number of hydrogen-bond acceptors (Lipinski definition) is 5. The average Bonchev–Trinajstić information content (AvgIpc) is 3.04. The van der Waals surface area contributed by atoms with Crippen LogP contribution in [0.4, 0.5) is 0 Å². The summed E-state index contributed by atoms with van der Waals surface area (Å²) in [6, 6.07) is 0. The van der Waals surface area contributed by atoms with Gasteiger partial charge in [0, 0.05) is 12.8 Å². The largest absolute Gasteiger partial charge is 0.447 e. The van der Waals surface area contributed by atoms with Gasteiger partial charge in [-0.3, -0.25) is 9.59 Å². The maximum atomic E-state index is 12.3. The molecule has 0 aliphatic heterocycles. The summed E-state index contributed by atoms with van der Waals surface area (Å²) in [5.41, 5.74) is 0. The summed E-state index contributed by atoms with van der Waals surface area (Å²) in [5.74, 6) is -0.354. The fraction of sp³-hybridized carbons (Fsp3) is 0.854. The summed E-state index contributed by atoms with van der Waals surface area (Å²) in [6.07, 6.45) is 41.6. The normalized spacial score (nSPS) is 12.9. The first-order valence-corrected chi connectivity index (χ1v) is 19.8. The van der Waals surface area contributed by atoms with Gasteiger partial charge in [-0.15, -0.1) is 12.4 Å². The highest BCUT2D eigenvalue weighted by molar-refractivity contribution is 5.85. The molecule has 0 aromatic carbocycles. The molecule has 0 heterocycles. The second-order valence-electron chi connectivity index (χ2n) is 13.5. The van der Waals surface area contributed by atoms with Crippen molar-refractivity contribution in [3.63, 3.8) is 0 Å². The molecule has 47 heavy (non-hydrogen) atoms. The van der Waals surface area contributed by atoms with Crippen LogP contribution in [0.5, 0.6) is 0 Å². The number of unbranched alkanes of at least 4 members (excludes halogenated alkanes) is 22. The van der Waals surface area contributed by atoms with Gasteiger partial charge in [-0.05, 0) is 85.1 Å². The van der Waals surface area contributed by atoms with Gasteiger partial charge in [-0.1, -0.05) is 141 Å². The predicted molar refractivity (Wildman–Crippen MR) is 205 cm³/mol. The van der Waals surface area contributed by atoms with Gasteiger partial charge < -0.3 is 9.47 Å². The second-order valence-corrected chi connectivity index (χ2v) is 13.5. The molecule has 0 amide bonds. The van der Waals surface area contributed by atoms with E-state index in [-0.39, 0.29) is 24.3 Å². The monoisotopic (exact) mass is 684 g/mol. The molecule has 0 aliphatic rings. The quantitative estimate of drug-likeness (QED) is 0.0292. The number of carbonyl (C=O) groups excluding carboxylic acids is 2. The van der Waals surface area contributed by atoms with Crippen LogP contribution in [0, 0.1) is 0 Å². The molecule has 2 atom stereocenters. The van der Waals surface area contributed by atoms with Crippen molar-refractivity contribution in [1.82, 2.24) is 4.90 Å². The lowest BCUT2D eigenvalue weighted by Gasteiger charge is -2.29. The van der Waals surface area contributed by atoms with E-state index in [1.54, 1.807) is 4.90 Å². The fourth-order valence-electron chi connectivity index (χ4n) is 5.64. The fourth-order valence-corrected chi connectivity index (χ4v) is 5.64. The van der Waals surface area contributed by atoms with Gasteiger partial charge in [0.25, 0.3) is 0 Å². The van der Waals surface area contributed by atoms with E-state index >= 15 is 0 Å². The Labute approximate surface area is 298 Å². The van der Waals surface area contributed by atoms with E-state index in [1.165, 1.54) is 128 Å². The zero-order valence-electron chi connectivity index (χ0n) is 31.8. The van der Waals surface area contributed by atoms with E-state index in [0.717, 1.165) is 38.5 Å². The molecule has 0 radical (unpaired) electrons. The van der Waals surface area contributed by atoms with Gasteiger partial charge in [-0.25, -0.2) is 4.90 Å². The van der Waals surface area contributed by atoms with Crippen LogP contribution in [-0.4, -0.2) is 36.3 Å². The lowest BCUT2D eigenvalue weighted by atomic mass is 10.1. The Morgan fingerprint density at radius 1 is 0.468 bits per heavy atom. The molecule has 0 saturated heterocycles. The van der Waals surface area contributed by atoms with E-state index in [9.17, 15) is 9.59 Å². The molecule has 0 aliphatic carbocycles. The first-order chi connectivity index (χ1) is 22.4. The third-order valence-electron chi connectivity index (χ3n) is 9.04. The minimum absolute atomic E-state index is 0. The van der Waals surface area contributed by atoms with Crippen molar-refractivity contribution < 1.29 is 19.1 Å². The summed E-state index contributed by atoms with van der Waals surface area (Å²) < 4.78 is 11.2. The van der Waals surface area contributed by atoms with Crippen molar-refractivity contribution in [3.8, 4) is 0 Å². The van der Waals surface area contributed by atoms with Crippen LogP contribution in [0.3, 0.4) is 0 Å². The van der Waals surface area contributed by atoms with E-state index in [0.29, 0.717) is 12.8 Å². The summed E-state index contributed by atoms with van der Waals surface area (Å²) in [5, 5.41) is 0. The molecule has 0 aromatic rings. The minimum atomic E-state index is -0.432. The smallest absolute Gasteiger partial charge is 0.307 e. The topological polar surface area (TPSA) is 55.8 Å². The highest BCUT2D eigenvalue weighted by Crippen LogP contribution is 2.14. The highest BCUT2D eigenvalue weighted by atomic mass is 35.5. The number of allylic oxidation sites excluding steroid dienone is 4. The Kier molecular flexibility index (Phi) is 38.1. The molecule has 0 rings (SSSR count). The molecule has 6 heteroatoms. The third kappa shape index (κ3) is 34.3. The molecule has 0 saturated carbocycles. The SMILES string of the molecule is CCCCCCCC/C=C\CCCCCCCC(=O)OC(C)N(C)C(C)OC(=O)CCCCCCC/C=C\CCCCCCCC.Cl. The number of rotatable bonds is 34. The van der Waals surface area contributed by atoms with Crippen LogP contribution in [0.25, 0.3) is 0 Å². The van der Waals surface area contributed by atoms with Gasteiger partial charge >= 0.3 is 11.9 Å². The Hall–Kier alpha value is -1.33. The third-order valence-corrected chi connectivity index (χ3v) is 9.04. The molecular weight excluding hydrogens is 606 g/mol. The van der Waals surface area contributed by atoms with Crippen molar-refractivity contribution in [3.05, 3.63) is 24.3 Å². The van der Waals surface area contributed by atoms with Crippen molar-refractivity contribution in [2.24, 2.45) is 0 Å². The molecule has 0 spiro atoms. The van der Waals surface area contributed by atoms with Crippen LogP contribution in [-0.2, 0) is 19.1 Å². The lowest BCUT2D eigenvalue weighted by Crippen LogP contribution is -2.42. The molecule has 5 nitrogen and oxygen atoms in total. The molecule has 278 valence electrons. The van der Waals surface area contributed by atoms with Gasteiger partial charge in [0.2, 0.25) is 0 Å². The highest BCUT2D eigenvalue weighted by Gasteiger charge is 2.22. The zero-order chi connectivity index (χ0) is 33.9. The number of esters is 2. The van der Waals surface area contributed by atoms with E-state index in [4.69, 9.17) is 9.47 Å². The number of halogens is 1. The maximum absolute atomic E-state index is 12.3. The van der Waals surface area contributed by atoms with E-state index < -0.39 is 12.5 Å². The predicted octanol–water partition coefficient (Wildman–Crippen LogP) is 13.2. The van der Waals surface area contributed by atoms with Crippen LogP contribution in [0.1, 0.15) is 207 Å². The molecule has 0 N–H and O–H groups in total. The van der Waals surface area contributed by atoms with Crippen LogP contribution >= 0.6 is 12.4 Å². The van der Waals surface area contributed by atoms with Crippen LogP contribution in [0.15, 0.2) is 24.3 Å². The van der Waals surface area contributed by atoms with Gasteiger partial charge in [0.1, 0.15) is 0 Å². The molecule has 2 unspecified atom stereocenters. The Morgan fingerprint density at radius 3 is 1.02 bits per heavy atom. The Morgan fingerprint density at radius 2 is 0.723 bits per heavy atom. The number of ether oxygens (including phenoxy) is 2. The first kappa shape index (κ1) is 47.8.